The third-order valence-corrected chi connectivity index (χ3v) is 8.12. The largest absolute Gasteiger partial charge is 0.394 e. The van der Waals surface area contributed by atoms with E-state index in [1.165, 1.54) is 21.5 Å². The van der Waals surface area contributed by atoms with Crippen LogP contribution in [0.25, 0.3) is 10.8 Å². The van der Waals surface area contributed by atoms with Crippen molar-refractivity contribution in [1.82, 2.24) is 4.98 Å². The summed E-state index contributed by atoms with van der Waals surface area (Å²) in [5, 5.41) is 3.67. The molecule has 3 nitrogen and oxygen atoms in total. The summed E-state index contributed by atoms with van der Waals surface area (Å²) in [6, 6.07) is 19.7. The molecule has 0 spiro atoms. The van der Waals surface area contributed by atoms with Gasteiger partial charge in [-0.25, -0.2) is 0 Å². The summed E-state index contributed by atoms with van der Waals surface area (Å²) >= 11 is 0. The van der Waals surface area contributed by atoms with E-state index in [4.69, 9.17) is 8.85 Å². The molecule has 0 saturated heterocycles. The van der Waals surface area contributed by atoms with Crippen LogP contribution in [-0.4, -0.2) is 27.8 Å². The fourth-order valence-corrected chi connectivity index (χ4v) is 5.93. The minimum absolute atomic E-state index is 0.924. The number of hydrogen-bond acceptors (Lipinski definition) is 3. The van der Waals surface area contributed by atoms with Gasteiger partial charge in [-0.2, -0.15) is 0 Å². The first-order valence-corrected chi connectivity index (χ1v) is 10.3. The first kappa shape index (κ1) is 16.8. The monoisotopic (exact) mass is 337 g/mol. The maximum atomic E-state index is 5.90. The molecule has 0 amide bonds. The number of benzene rings is 2. The van der Waals surface area contributed by atoms with Gasteiger partial charge in [0.2, 0.25) is 0 Å². The Morgan fingerprint density at radius 3 is 2.33 bits per heavy atom. The third-order valence-electron chi connectivity index (χ3n) is 4.58. The summed E-state index contributed by atoms with van der Waals surface area (Å²) in [7, 11) is 1.17. The smallest absolute Gasteiger partial charge is 0.372 e. The fourth-order valence-electron chi connectivity index (χ4n) is 3.25. The van der Waals surface area contributed by atoms with Gasteiger partial charge < -0.3 is 8.85 Å². The molecule has 3 aromatic rings. The third kappa shape index (κ3) is 3.41. The highest BCUT2D eigenvalue weighted by atomic mass is 28.4. The Hall–Kier alpha value is -2.01. The average Bonchev–Trinajstić information content (AvgIpc) is 2.66. The topological polar surface area (TPSA) is 31.4 Å². The van der Waals surface area contributed by atoms with Crippen LogP contribution in [0.2, 0.25) is 6.04 Å². The molecule has 0 fully saturated rings. The normalized spacial score (nSPS) is 11.8. The molecule has 2 aromatic carbocycles. The number of nitrogens with zero attached hydrogens (tertiary/aromatic N) is 1. The van der Waals surface area contributed by atoms with Crippen LogP contribution in [0.5, 0.6) is 0 Å². The van der Waals surface area contributed by atoms with Crippen molar-refractivity contribution < 1.29 is 8.85 Å². The highest BCUT2D eigenvalue weighted by molar-refractivity contribution is 6.81. The van der Waals surface area contributed by atoms with Gasteiger partial charge in [0.15, 0.2) is 0 Å². The predicted molar refractivity (Wildman–Crippen MR) is 101 cm³/mol. The SMILES string of the molecule is CO[Si](CCCc1cncc2ccccc12)(OC)c1ccccc1. The molecule has 124 valence electrons. The van der Waals surface area contributed by atoms with Crippen LogP contribution in [0.15, 0.2) is 67.0 Å². The van der Waals surface area contributed by atoms with Crippen molar-refractivity contribution in [3.8, 4) is 0 Å². The van der Waals surface area contributed by atoms with Crippen LogP contribution in [0, 0.1) is 0 Å². The Morgan fingerprint density at radius 2 is 1.58 bits per heavy atom. The van der Waals surface area contributed by atoms with Crippen molar-refractivity contribution in [3.05, 3.63) is 72.6 Å². The number of aryl methyl sites for hydroxylation is 1. The van der Waals surface area contributed by atoms with Gasteiger partial charge in [0, 0.05) is 32.0 Å². The molecule has 4 heteroatoms. The van der Waals surface area contributed by atoms with Gasteiger partial charge in [-0.05, 0) is 35.0 Å². The number of hydrogen-bond donors (Lipinski definition) is 0. The van der Waals surface area contributed by atoms with Gasteiger partial charge >= 0.3 is 8.56 Å². The summed E-state index contributed by atoms with van der Waals surface area (Å²) in [5.74, 6) is 0. The molecule has 1 heterocycles. The van der Waals surface area contributed by atoms with E-state index < -0.39 is 8.56 Å². The Morgan fingerprint density at radius 1 is 0.875 bits per heavy atom. The molecule has 0 unspecified atom stereocenters. The zero-order valence-electron chi connectivity index (χ0n) is 14.2. The van der Waals surface area contributed by atoms with Crippen LogP contribution in [0.3, 0.4) is 0 Å². The van der Waals surface area contributed by atoms with E-state index in [1.54, 1.807) is 14.2 Å². The Labute approximate surface area is 144 Å². The van der Waals surface area contributed by atoms with E-state index >= 15 is 0 Å². The second-order valence-corrected chi connectivity index (χ2v) is 9.30. The number of rotatable bonds is 7. The maximum absolute atomic E-state index is 5.90. The molecule has 0 aliphatic carbocycles. The molecule has 1 aromatic heterocycles. The van der Waals surface area contributed by atoms with Gasteiger partial charge in [-0.3, -0.25) is 4.98 Å². The van der Waals surface area contributed by atoms with Crippen molar-refractivity contribution in [2.24, 2.45) is 0 Å². The number of fused-ring (bicyclic) bond motifs is 1. The molecule has 0 radical (unpaired) electrons. The second kappa shape index (κ2) is 7.70. The van der Waals surface area contributed by atoms with Crippen LogP contribution >= 0.6 is 0 Å². The lowest BCUT2D eigenvalue weighted by Gasteiger charge is -2.27. The van der Waals surface area contributed by atoms with E-state index in [9.17, 15) is 0 Å². The maximum Gasteiger partial charge on any atom is 0.372 e. The van der Waals surface area contributed by atoms with Gasteiger partial charge in [0.25, 0.3) is 0 Å². The van der Waals surface area contributed by atoms with Gasteiger partial charge in [-0.15, -0.1) is 0 Å². The minimum atomic E-state index is -2.36. The number of aromatic nitrogens is 1. The van der Waals surface area contributed by atoms with Crippen LogP contribution in [0.1, 0.15) is 12.0 Å². The first-order valence-electron chi connectivity index (χ1n) is 8.26. The van der Waals surface area contributed by atoms with Gasteiger partial charge in [-0.1, -0.05) is 54.6 Å². The summed E-state index contributed by atoms with van der Waals surface area (Å²) in [4.78, 5) is 4.38. The quantitative estimate of drug-likeness (QED) is 0.614. The number of pyridine rings is 1. The van der Waals surface area contributed by atoms with E-state index in [0.717, 1.165) is 18.9 Å². The summed E-state index contributed by atoms with van der Waals surface area (Å²) < 4.78 is 11.8. The summed E-state index contributed by atoms with van der Waals surface area (Å²) in [6.45, 7) is 0. The van der Waals surface area contributed by atoms with Crippen LogP contribution in [0.4, 0.5) is 0 Å². The zero-order chi connectivity index (χ0) is 16.8. The van der Waals surface area contributed by atoms with E-state index in [2.05, 4.69) is 41.4 Å². The molecule has 0 bridgehead atoms. The predicted octanol–water partition coefficient (Wildman–Crippen LogP) is 3.81. The molecular weight excluding hydrogens is 314 g/mol. The standard InChI is InChI=1S/C20H23NO2Si/c1-22-24(23-2,19-11-4-3-5-12-19)14-8-10-18-16-21-15-17-9-6-7-13-20(17)18/h3-7,9,11-13,15-16H,8,10,14H2,1-2H3. The molecule has 0 aliphatic rings. The molecule has 0 aliphatic heterocycles. The highest BCUT2D eigenvalue weighted by Gasteiger charge is 2.37. The van der Waals surface area contributed by atoms with E-state index in [0.29, 0.717) is 0 Å². The molecule has 24 heavy (non-hydrogen) atoms. The second-order valence-electron chi connectivity index (χ2n) is 5.90. The van der Waals surface area contributed by atoms with Crippen molar-refractivity contribution >= 4 is 24.5 Å². The zero-order valence-corrected chi connectivity index (χ0v) is 15.2. The summed E-state index contributed by atoms with van der Waals surface area (Å²) in [6.07, 6.45) is 5.89. The van der Waals surface area contributed by atoms with Crippen molar-refractivity contribution in [2.45, 2.75) is 18.9 Å². The Balaban J connectivity index is 1.76. The highest BCUT2D eigenvalue weighted by Crippen LogP contribution is 2.21. The lowest BCUT2D eigenvalue weighted by atomic mass is 10.0. The summed E-state index contributed by atoms with van der Waals surface area (Å²) in [5.41, 5.74) is 1.29. The van der Waals surface area contributed by atoms with Crippen LogP contribution < -0.4 is 5.19 Å². The molecule has 0 atom stereocenters. The van der Waals surface area contributed by atoms with Crippen LogP contribution in [-0.2, 0) is 15.3 Å². The molecular formula is C20H23NO2Si. The molecule has 0 saturated carbocycles. The fraction of sp³-hybridized carbons (Fsp3) is 0.250. The van der Waals surface area contributed by atoms with E-state index in [-0.39, 0.29) is 0 Å². The molecule has 0 N–H and O–H groups in total. The Kier molecular flexibility index (Phi) is 5.40. The Bertz CT molecular complexity index is 783. The first-order chi connectivity index (χ1) is 11.8. The molecule has 3 rings (SSSR count). The van der Waals surface area contributed by atoms with Crippen molar-refractivity contribution in [1.29, 1.82) is 0 Å². The van der Waals surface area contributed by atoms with Gasteiger partial charge in [0.1, 0.15) is 0 Å². The lowest BCUT2D eigenvalue weighted by Crippen LogP contribution is -2.52. The van der Waals surface area contributed by atoms with Crippen molar-refractivity contribution in [2.75, 3.05) is 14.2 Å². The van der Waals surface area contributed by atoms with Crippen molar-refractivity contribution in [3.63, 3.8) is 0 Å². The lowest BCUT2D eigenvalue weighted by molar-refractivity contribution is 0.256. The minimum Gasteiger partial charge on any atom is -0.394 e. The van der Waals surface area contributed by atoms with E-state index in [1.807, 2.05) is 30.6 Å². The average molecular weight is 337 g/mol. The van der Waals surface area contributed by atoms with Gasteiger partial charge in [0.05, 0.1) is 0 Å².